The van der Waals surface area contributed by atoms with E-state index >= 15 is 0 Å². The molecule has 0 saturated heterocycles. The smallest absolute Gasteiger partial charge is 0.408 e. The summed E-state index contributed by atoms with van der Waals surface area (Å²) in [6.07, 6.45) is -0.473. The molecule has 2 aromatic rings. The van der Waals surface area contributed by atoms with E-state index in [9.17, 15) is 4.79 Å². The van der Waals surface area contributed by atoms with Gasteiger partial charge in [0.05, 0.1) is 11.7 Å². The van der Waals surface area contributed by atoms with Gasteiger partial charge in [0.2, 0.25) is 0 Å². The summed E-state index contributed by atoms with van der Waals surface area (Å²) in [6, 6.07) is 5.14. The van der Waals surface area contributed by atoms with Crippen LogP contribution >= 0.6 is 0 Å². The Morgan fingerprint density at radius 1 is 1.50 bits per heavy atom. The number of hydrazine groups is 1. The number of fused-ring (bicyclic) bond motifs is 1. The average molecular weight is 194 g/mol. The zero-order chi connectivity index (χ0) is 10.1. The Kier molecular flexibility index (Phi) is 2.08. The summed E-state index contributed by atoms with van der Waals surface area (Å²) in [5, 5.41) is 0. The van der Waals surface area contributed by atoms with E-state index in [0.717, 1.165) is 5.56 Å². The molecule has 6 N–H and O–H groups in total. The molecule has 0 aliphatic carbocycles. The Labute approximate surface area is 78.9 Å². The topological polar surface area (TPSA) is 110 Å². The SMILES string of the molecule is NNC(N)c1ccc2[nH]c(=O)oc2c1. The minimum absolute atomic E-state index is 0.471. The summed E-state index contributed by atoms with van der Waals surface area (Å²) in [5.74, 6) is 4.70. The van der Waals surface area contributed by atoms with Gasteiger partial charge in [-0.1, -0.05) is 6.07 Å². The second kappa shape index (κ2) is 3.26. The summed E-state index contributed by atoms with van der Waals surface area (Å²) in [6.45, 7) is 0. The van der Waals surface area contributed by atoms with Gasteiger partial charge in [-0.15, -0.1) is 0 Å². The van der Waals surface area contributed by atoms with E-state index in [1.165, 1.54) is 0 Å². The van der Waals surface area contributed by atoms with Crippen LogP contribution in [0.2, 0.25) is 0 Å². The molecule has 6 heteroatoms. The molecule has 0 bridgehead atoms. The van der Waals surface area contributed by atoms with Gasteiger partial charge >= 0.3 is 5.76 Å². The molecule has 0 aliphatic heterocycles. The van der Waals surface area contributed by atoms with E-state index in [-0.39, 0.29) is 0 Å². The fourth-order valence-corrected chi connectivity index (χ4v) is 1.25. The zero-order valence-electron chi connectivity index (χ0n) is 7.28. The maximum atomic E-state index is 10.8. The Bertz CT molecular complexity index is 501. The van der Waals surface area contributed by atoms with Crippen LogP contribution in [0.1, 0.15) is 11.7 Å². The molecule has 1 atom stereocenters. The first-order valence-corrected chi connectivity index (χ1v) is 4.05. The molecule has 0 spiro atoms. The van der Waals surface area contributed by atoms with Crippen LogP contribution in [-0.2, 0) is 0 Å². The lowest BCUT2D eigenvalue weighted by molar-refractivity contribution is 0.550. The third-order valence-corrected chi connectivity index (χ3v) is 1.98. The normalized spacial score (nSPS) is 13.3. The van der Waals surface area contributed by atoms with E-state index in [2.05, 4.69) is 10.4 Å². The van der Waals surface area contributed by atoms with Crippen molar-refractivity contribution in [3.8, 4) is 0 Å². The van der Waals surface area contributed by atoms with Crippen molar-refractivity contribution in [2.24, 2.45) is 11.6 Å². The summed E-state index contributed by atoms with van der Waals surface area (Å²) in [4.78, 5) is 13.4. The number of aromatic nitrogens is 1. The second-order valence-corrected chi connectivity index (χ2v) is 2.91. The Morgan fingerprint density at radius 3 is 3.00 bits per heavy atom. The highest BCUT2D eigenvalue weighted by atomic mass is 16.4. The van der Waals surface area contributed by atoms with Gasteiger partial charge in [-0.3, -0.25) is 10.8 Å². The summed E-state index contributed by atoms with van der Waals surface area (Å²) >= 11 is 0. The van der Waals surface area contributed by atoms with Gasteiger partial charge in [0, 0.05) is 0 Å². The van der Waals surface area contributed by atoms with Crippen LogP contribution < -0.4 is 22.8 Å². The fourth-order valence-electron chi connectivity index (χ4n) is 1.25. The van der Waals surface area contributed by atoms with E-state index in [0.29, 0.717) is 11.1 Å². The van der Waals surface area contributed by atoms with Crippen molar-refractivity contribution < 1.29 is 4.42 Å². The van der Waals surface area contributed by atoms with Crippen molar-refractivity contribution in [3.63, 3.8) is 0 Å². The number of hydrogen-bond acceptors (Lipinski definition) is 5. The van der Waals surface area contributed by atoms with Crippen LogP contribution in [0.5, 0.6) is 0 Å². The zero-order valence-corrected chi connectivity index (χ0v) is 7.28. The Balaban J connectivity index is 2.55. The van der Waals surface area contributed by atoms with Crippen LogP contribution in [0.3, 0.4) is 0 Å². The first kappa shape index (κ1) is 8.95. The van der Waals surface area contributed by atoms with E-state index < -0.39 is 11.9 Å². The van der Waals surface area contributed by atoms with Gasteiger partial charge in [-0.25, -0.2) is 10.2 Å². The number of aromatic amines is 1. The van der Waals surface area contributed by atoms with Crippen molar-refractivity contribution in [3.05, 3.63) is 34.3 Å². The van der Waals surface area contributed by atoms with Crippen molar-refractivity contribution >= 4 is 11.1 Å². The third-order valence-electron chi connectivity index (χ3n) is 1.98. The van der Waals surface area contributed by atoms with E-state index in [4.69, 9.17) is 16.0 Å². The molecule has 14 heavy (non-hydrogen) atoms. The van der Waals surface area contributed by atoms with Gasteiger partial charge in [-0.05, 0) is 17.7 Å². The predicted octanol–water partition coefficient (Wildman–Crippen LogP) is -0.458. The first-order valence-electron chi connectivity index (χ1n) is 4.05. The number of nitrogens with two attached hydrogens (primary N) is 2. The summed E-state index contributed by atoms with van der Waals surface area (Å²) < 4.78 is 4.87. The van der Waals surface area contributed by atoms with Crippen LogP contribution in [0, 0.1) is 0 Å². The molecule has 1 unspecified atom stereocenters. The largest absolute Gasteiger partial charge is 0.417 e. The average Bonchev–Trinajstić information content (AvgIpc) is 2.55. The molecule has 2 rings (SSSR count). The minimum Gasteiger partial charge on any atom is -0.408 e. The molecule has 1 aromatic carbocycles. The monoisotopic (exact) mass is 194 g/mol. The number of rotatable bonds is 2. The maximum absolute atomic E-state index is 10.8. The van der Waals surface area contributed by atoms with Crippen LogP contribution in [-0.4, -0.2) is 4.98 Å². The highest BCUT2D eigenvalue weighted by Crippen LogP contribution is 2.14. The van der Waals surface area contributed by atoms with Gasteiger partial charge in [0.1, 0.15) is 0 Å². The van der Waals surface area contributed by atoms with Gasteiger partial charge in [-0.2, -0.15) is 0 Å². The molecule has 1 aromatic heterocycles. The number of H-pyrrole nitrogens is 1. The van der Waals surface area contributed by atoms with Crippen LogP contribution in [0.15, 0.2) is 27.4 Å². The Morgan fingerprint density at radius 2 is 2.29 bits per heavy atom. The van der Waals surface area contributed by atoms with E-state index in [1.807, 2.05) is 0 Å². The molecule has 0 fully saturated rings. The molecule has 74 valence electrons. The number of oxazole rings is 1. The van der Waals surface area contributed by atoms with Gasteiger partial charge < -0.3 is 10.2 Å². The van der Waals surface area contributed by atoms with Crippen molar-refractivity contribution in [1.82, 2.24) is 10.4 Å². The fraction of sp³-hybridized carbons (Fsp3) is 0.125. The lowest BCUT2D eigenvalue weighted by atomic mass is 10.2. The van der Waals surface area contributed by atoms with Gasteiger partial charge in [0.15, 0.2) is 5.58 Å². The molecule has 0 radical (unpaired) electrons. The van der Waals surface area contributed by atoms with Crippen molar-refractivity contribution in [2.45, 2.75) is 6.17 Å². The van der Waals surface area contributed by atoms with E-state index in [1.54, 1.807) is 18.2 Å². The number of benzene rings is 1. The third kappa shape index (κ3) is 1.41. The van der Waals surface area contributed by atoms with Crippen molar-refractivity contribution in [1.29, 1.82) is 0 Å². The highest BCUT2D eigenvalue weighted by Gasteiger charge is 2.06. The minimum atomic E-state index is -0.480. The molecule has 0 aliphatic rings. The maximum Gasteiger partial charge on any atom is 0.417 e. The van der Waals surface area contributed by atoms with Crippen LogP contribution in [0.25, 0.3) is 11.1 Å². The number of hydrogen-bond donors (Lipinski definition) is 4. The standard InChI is InChI=1S/C8H10N4O2/c9-7(12-10)4-1-2-5-6(3-4)14-8(13)11-5/h1-3,7,12H,9-10H2,(H,11,13). The molecule has 1 heterocycles. The van der Waals surface area contributed by atoms with Crippen molar-refractivity contribution in [2.75, 3.05) is 0 Å². The lowest BCUT2D eigenvalue weighted by Crippen LogP contribution is -2.33. The summed E-state index contributed by atoms with van der Waals surface area (Å²) in [7, 11) is 0. The first-order chi connectivity index (χ1) is 6.70. The molecule has 0 amide bonds. The second-order valence-electron chi connectivity index (χ2n) is 2.91. The predicted molar refractivity (Wildman–Crippen MR) is 51.1 cm³/mol. The Hall–Kier alpha value is -1.63. The van der Waals surface area contributed by atoms with Gasteiger partial charge in [0.25, 0.3) is 0 Å². The quantitative estimate of drug-likeness (QED) is 0.294. The molecule has 6 nitrogen and oxygen atoms in total. The lowest BCUT2D eigenvalue weighted by Gasteiger charge is -2.08. The van der Waals surface area contributed by atoms with Crippen LogP contribution in [0.4, 0.5) is 0 Å². The number of nitrogens with one attached hydrogen (secondary N) is 2. The molecular formula is C8H10N4O2. The highest BCUT2D eigenvalue weighted by molar-refractivity contribution is 5.72. The molecule has 0 saturated carbocycles. The molecular weight excluding hydrogens is 184 g/mol. The summed E-state index contributed by atoms with van der Waals surface area (Å²) in [5.41, 5.74) is 9.89.